The third-order valence-corrected chi connectivity index (χ3v) is 6.06. The van der Waals surface area contributed by atoms with Crippen LogP contribution in [0.3, 0.4) is 0 Å². The summed E-state index contributed by atoms with van der Waals surface area (Å²) in [5.41, 5.74) is 4.17. The Morgan fingerprint density at radius 1 is 1.06 bits per heavy atom. The number of benzene rings is 1. The second-order valence-electron chi connectivity index (χ2n) is 7.82. The first-order valence-electron chi connectivity index (χ1n) is 10.6. The average molecular weight is 416 g/mol. The maximum atomic E-state index is 13.2. The number of anilines is 2. The Morgan fingerprint density at radius 2 is 1.87 bits per heavy atom. The number of pyridine rings is 2. The zero-order valence-corrected chi connectivity index (χ0v) is 17.2. The molecule has 1 N–H and O–H groups in total. The van der Waals surface area contributed by atoms with E-state index in [2.05, 4.69) is 33.4 Å². The van der Waals surface area contributed by atoms with E-state index in [1.165, 1.54) is 11.3 Å². The number of fused-ring (bicyclic) bond motifs is 1. The highest BCUT2D eigenvalue weighted by Gasteiger charge is 2.29. The number of hydrogen-bond donors (Lipinski definition) is 1. The van der Waals surface area contributed by atoms with Crippen molar-refractivity contribution in [2.45, 2.75) is 18.9 Å². The number of rotatable bonds is 4. The lowest BCUT2D eigenvalue weighted by Gasteiger charge is -2.30. The lowest BCUT2D eigenvalue weighted by molar-refractivity contribution is 0.102. The molecule has 7 nitrogen and oxygen atoms in total. The summed E-state index contributed by atoms with van der Waals surface area (Å²) in [4.78, 5) is 32.3. The summed E-state index contributed by atoms with van der Waals surface area (Å²) in [6.07, 6.45) is 6.73. The van der Waals surface area contributed by atoms with Crippen molar-refractivity contribution < 1.29 is 9.53 Å². The van der Waals surface area contributed by atoms with E-state index in [1.54, 1.807) is 47.4 Å². The lowest BCUT2D eigenvalue weighted by Crippen LogP contribution is -2.36. The monoisotopic (exact) mass is 416 g/mol. The number of morpholine rings is 1. The predicted octanol–water partition coefficient (Wildman–Crippen LogP) is 2.87. The molecule has 1 fully saturated rings. The fraction of sp³-hybridized carbons (Fsp3) is 0.292. The molecule has 1 unspecified atom stereocenters. The first kappa shape index (κ1) is 19.5. The van der Waals surface area contributed by atoms with Gasteiger partial charge in [-0.05, 0) is 54.3 Å². The molecule has 7 heteroatoms. The standard InChI is InChI=1S/C24H24N4O3/c29-23(26-17-8-10-25-11-9-17)20-4-2-12-28(24(20)30)22-7-6-19-18(22)3-1-5-21(19)27-13-15-31-16-14-27/h1-5,8-12,22H,6-7,13-16H2,(H,25,26,29). The van der Waals surface area contributed by atoms with E-state index >= 15 is 0 Å². The summed E-state index contributed by atoms with van der Waals surface area (Å²) in [7, 11) is 0. The van der Waals surface area contributed by atoms with Gasteiger partial charge in [0.1, 0.15) is 5.56 Å². The minimum Gasteiger partial charge on any atom is -0.378 e. The quantitative estimate of drug-likeness (QED) is 0.708. The molecule has 2 aliphatic rings. The normalized spacial score (nSPS) is 17.9. The molecule has 1 aromatic carbocycles. The Labute approximate surface area is 180 Å². The zero-order chi connectivity index (χ0) is 21.2. The van der Waals surface area contributed by atoms with Crippen LogP contribution in [0.2, 0.25) is 0 Å². The van der Waals surface area contributed by atoms with Gasteiger partial charge in [-0.25, -0.2) is 0 Å². The molecular weight excluding hydrogens is 392 g/mol. The molecule has 1 atom stereocenters. The fourth-order valence-electron chi connectivity index (χ4n) is 4.56. The molecule has 1 aliphatic carbocycles. The van der Waals surface area contributed by atoms with Crippen LogP contribution >= 0.6 is 0 Å². The van der Waals surface area contributed by atoms with E-state index < -0.39 is 5.91 Å². The van der Waals surface area contributed by atoms with Crippen molar-refractivity contribution in [2.24, 2.45) is 0 Å². The molecule has 1 aliphatic heterocycles. The van der Waals surface area contributed by atoms with Crippen LogP contribution < -0.4 is 15.8 Å². The van der Waals surface area contributed by atoms with Crippen LogP contribution in [0.5, 0.6) is 0 Å². The highest BCUT2D eigenvalue weighted by Crippen LogP contribution is 2.39. The maximum absolute atomic E-state index is 13.2. The minimum absolute atomic E-state index is 0.0721. The second-order valence-corrected chi connectivity index (χ2v) is 7.82. The van der Waals surface area contributed by atoms with Gasteiger partial charge in [-0.3, -0.25) is 14.6 Å². The molecule has 0 bridgehead atoms. The number of carbonyl (C=O) groups excluding carboxylic acids is 1. The molecule has 3 heterocycles. The van der Waals surface area contributed by atoms with Gasteiger partial charge in [0.25, 0.3) is 11.5 Å². The van der Waals surface area contributed by atoms with Crippen molar-refractivity contribution in [1.29, 1.82) is 0 Å². The van der Waals surface area contributed by atoms with Crippen LogP contribution in [0.15, 0.2) is 65.8 Å². The number of aromatic nitrogens is 2. The van der Waals surface area contributed by atoms with E-state index in [1.807, 2.05) is 0 Å². The predicted molar refractivity (Wildman–Crippen MR) is 119 cm³/mol. The smallest absolute Gasteiger partial charge is 0.263 e. The molecule has 2 aromatic heterocycles. The number of ether oxygens (including phenoxy) is 1. The number of nitrogens with one attached hydrogen (secondary N) is 1. The van der Waals surface area contributed by atoms with Crippen LogP contribution in [0.1, 0.15) is 33.9 Å². The van der Waals surface area contributed by atoms with Gasteiger partial charge in [-0.1, -0.05) is 12.1 Å². The Kier molecular flexibility index (Phi) is 5.26. The molecule has 158 valence electrons. The topological polar surface area (TPSA) is 76.5 Å². The molecule has 0 radical (unpaired) electrons. The Bertz CT molecular complexity index is 1150. The summed E-state index contributed by atoms with van der Waals surface area (Å²) in [5.74, 6) is -0.411. The number of amides is 1. The molecule has 3 aromatic rings. The van der Waals surface area contributed by atoms with Gasteiger partial charge in [0.05, 0.1) is 19.3 Å². The van der Waals surface area contributed by atoms with Crippen molar-refractivity contribution >= 4 is 17.3 Å². The van der Waals surface area contributed by atoms with E-state index in [4.69, 9.17) is 4.74 Å². The van der Waals surface area contributed by atoms with E-state index in [0.717, 1.165) is 44.7 Å². The third kappa shape index (κ3) is 3.72. The number of carbonyl (C=O) groups is 1. The van der Waals surface area contributed by atoms with Crippen LogP contribution in [0.25, 0.3) is 0 Å². The van der Waals surface area contributed by atoms with E-state index in [0.29, 0.717) is 5.69 Å². The van der Waals surface area contributed by atoms with Gasteiger partial charge in [0.2, 0.25) is 0 Å². The van der Waals surface area contributed by atoms with Crippen LogP contribution in [0, 0.1) is 0 Å². The molecule has 5 rings (SSSR count). The number of hydrogen-bond acceptors (Lipinski definition) is 5. The average Bonchev–Trinajstić information content (AvgIpc) is 3.24. The van der Waals surface area contributed by atoms with Crippen molar-refractivity contribution in [1.82, 2.24) is 9.55 Å². The summed E-state index contributed by atoms with van der Waals surface area (Å²) in [6.45, 7) is 3.24. The van der Waals surface area contributed by atoms with Gasteiger partial charge >= 0.3 is 0 Å². The fourth-order valence-corrected chi connectivity index (χ4v) is 4.56. The van der Waals surface area contributed by atoms with E-state index in [9.17, 15) is 9.59 Å². The molecule has 0 spiro atoms. The van der Waals surface area contributed by atoms with Gasteiger partial charge in [-0.15, -0.1) is 0 Å². The van der Waals surface area contributed by atoms with Gasteiger partial charge < -0.3 is 19.5 Å². The molecule has 0 saturated carbocycles. The SMILES string of the molecule is O=C(Nc1ccncc1)c1cccn(C2CCc3c2cccc3N2CCOCC2)c1=O. The largest absolute Gasteiger partial charge is 0.378 e. The minimum atomic E-state index is -0.411. The Balaban J connectivity index is 1.46. The molecule has 1 amide bonds. The summed E-state index contributed by atoms with van der Waals surface area (Å²) in [6, 6.07) is 13.0. The van der Waals surface area contributed by atoms with E-state index in [-0.39, 0.29) is 17.2 Å². The Morgan fingerprint density at radius 3 is 2.68 bits per heavy atom. The van der Waals surface area contributed by atoms with Gasteiger partial charge in [0, 0.05) is 43.1 Å². The van der Waals surface area contributed by atoms with Gasteiger partial charge in [0.15, 0.2) is 0 Å². The lowest BCUT2D eigenvalue weighted by atomic mass is 10.0. The molecular formula is C24H24N4O3. The first-order chi connectivity index (χ1) is 15.2. The third-order valence-electron chi connectivity index (χ3n) is 6.06. The van der Waals surface area contributed by atoms with Crippen LogP contribution in [-0.2, 0) is 11.2 Å². The summed E-state index contributed by atoms with van der Waals surface area (Å²) in [5, 5.41) is 2.78. The van der Waals surface area contributed by atoms with Crippen molar-refractivity contribution in [3.05, 3.63) is 88.1 Å². The molecule has 31 heavy (non-hydrogen) atoms. The maximum Gasteiger partial charge on any atom is 0.263 e. The highest BCUT2D eigenvalue weighted by molar-refractivity contribution is 6.03. The summed E-state index contributed by atoms with van der Waals surface area (Å²) >= 11 is 0. The highest BCUT2D eigenvalue weighted by atomic mass is 16.5. The molecule has 1 saturated heterocycles. The summed E-state index contributed by atoms with van der Waals surface area (Å²) < 4.78 is 7.20. The van der Waals surface area contributed by atoms with Crippen molar-refractivity contribution in [2.75, 3.05) is 36.5 Å². The first-order valence-corrected chi connectivity index (χ1v) is 10.6. The van der Waals surface area contributed by atoms with Crippen molar-refractivity contribution in [3.8, 4) is 0 Å². The van der Waals surface area contributed by atoms with Gasteiger partial charge in [-0.2, -0.15) is 0 Å². The van der Waals surface area contributed by atoms with Crippen LogP contribution in [-0.4, -0.2) is 41.8 Å². The Hall–Kier alpha value is -3.45. The second kappa shape index (κ2) is 8.35. The zero-order valence-electron chi connectivity index (χ0n) is 17.2. The number of nitrogens with zero attached hydrogens (tertiary/aromatic N) is 3. The van der Waals surface area contributed by atoms with Crippen LogP contribution in [0.4, 0.5) is 11.4 Å². The van der Waals surface area contributed by atoms with Crippen molar-refractivity contribution in [3.63, 3.8) is 0 Å².